The first-order chi connectivity index (χ1) is 11.1. The Labute approximate surface area is 139 Å². The largest absolute Gasteiger partial charge is 0.492 e. The number of benzene rings is 1. The van der Waals surface area contributed by atoms with Gasteiger partial charge in [-0.2, -0.15) is 0 Å². The number of nitrogens with zero attached hydrogens (tertiary/aromatic N) is 1. The predicted octanol–water partition coefficient (Wildman–Crippen LogP) is 3.36. The van der Waals surface area contributed by atoms with Gasteiger partial charge in [-0.05, 0) is 25.5 Å². The lowest BCUT2D eigenvalue weighted by atomic mass is 10.2. The normalized spacial score (nSPS) is 10.3. The van der Waals surface area contributed by atoms with Gasteiger partial charge in [-0.3, -0.25) is 9.59 Å². The smallest absolute Gasteiger partial charge is 0.323 e. The molecule has 1 aromatic carbocycles. The second-order valence-corrected chi connectivity index (χ2v) is 5.87. The van der Waals surface area contributed by atoms with Gasteiger partial charge in [0.1, 0.15) is 17.2 Å². The van der Waals surface area contributed by atoms with Gasteiger partial charge in [0.25, 0.3) is 5.91 Å². The van der Waals surface area contributed by atoms with Gasteiger partial charge in [-0.25, -0.2) is 0 Å². The maximum Gasteiger partial charge on any atom is 0.323 e. The Balaban J connectivity index is 2.38. The van der Waals surface area contributed by atoms with Gasteiger partial charge in [-0.1, -0.05) is 30.3 Å². The van der Waals surface area contributed by atoms with E-state index in [0.717, 1.165) is 10.4 Å². The van der Waals surface area contributed by atoms with Crippen LogP contribution in [0, 0.1) is 0 Å². The fourth-order valence-corrected chi connectivity index (χ4v) is 3.24. The molecule has 5 nitrogen and oxygen atoms in total. The highest BCUT2D eigenvalue weighted by Crippen LogP contribution is 2.37. The van der Waals surface area contributed by atoms with E-state index >= 15 is 0 Å². The van der Waals surface area contributed by atoms with Gasteiger partial charge in [0, 0.05) is 11.4 Å². The summed E-state index contributed by atoms with van der Waals surface area (Å²) in [6.45, 7) is 4.06. The van der Waals surface area contributed by atoms with Crippen LogP contribution in [0.2, 0.25) is 0 Å². The number of hydrogen-bond acceptors (Lipinski definition) is 4. The Morgan fingerprint density at radius 3 is 2.48 bits per heavy atom. The minimum absolute atomic E-state index is 0.314. The topological polar surface area (TPSA) is 66.8 Å². The molecule has 1 heterocycles. The second-order valence-electron chi connectivity index (χ2n) is 4.82. The highest BCUT2D eigenvalue weighted by atomic mass is 32.1. The first kappa shape index (κ1) is 17.0. The van der Waals surface area contributed by atoms with Crippen LogP contribution in [0.15, 0.2) is 36.4 Å². The summed E-state index contributed by atoms with van der Waals surface area (Å²) in [5.41, 5.74) is 0.999. The highest BCUT2D eigenvalue weighted by molar-refractivity contribution is 7.17. The molecule has 0 saturated heterocycles. The Kier molecular flexibility index (Phi) is 5.76. The molecule has 0 fully saturated rings. The van der Waals surface area contributed by atoms with Gasteiger partial charge in [0.2, 0.25) is 0 Å². The van der Waals surface area contributed by atoms with Crippen LogP contribution >= 0.6 is 11.3 Å². The Bertz CT molecular complexity index is 681. The van der Waals surface area contributed by atoms with Crippen molar-refractivity contribution in [1.82, 2.24) is 4.90 Å². The molecule has 0 unspecified atom stereocenters. The van der Waals surface area contributed by atoms with Crippen LogP contribution in [0.25, 0.3) is 10.4 Å². The molecule has 0 aliphatic carbocycles. The van der Waals surface area contributed by atoms with E-state index in [1.165, 1.54) is 16.2 Å². The minimum atomic E-state index is -1.03. The molecule has 2 rings (SSSR count). The van der Waals surface area contributed by atoms with E-state index in [-0.39, 0.29) is 12.5 Å². The van der Waals surface area contributed by atoms with Gasteiger partial charge >= 0.3 is 5.97 Å². The highest BCUT2D eigenvalue weighted by Gasteiger charge is 2.24. The molecule has 0 aliphatic rings. The number of rotatable bonds is 7. The fourth-order valence-electron chi connectivity index (χ4n) is 2.16. The first-order valence-electron chi connectivity index (χ1n) is 7.39. The van der Waals surface area contributed by atoms with Crippen LogP contribution in [0.1, 0.15) is 23.5 Å². The van der Waals surface area contributed by atoms with E-state index in [1.807, 2.05) is 43.3 Å². The molecule has 0 aliphatic heterocycles. The molecule has 0 spiro atoms. The SMILES string of the molecule is CCOc1cc(-c2ccccc2)sc1C(=O)N(CC)CC(=O)O. The Morgan fingerprint density at radius 2 is 1.91 bits per heavy atom. The molecule has 0 radical (unpaired) electrons. The maximum atomic E-state index is 12.6. The average Bonchev–Trinajstić information content (AvgIpc) is 2.97. The number of hydrogen-bond donors (Lipinski definition) is 1. The lowest BCUT2D eigenvalue weighted by molar-refractivity contribution is -0.137. The molecule has 1 N–H and O–H groups in total. The summed E-state index contributed by atoms with van der Waals surface area (Å²) in [4.78, 5) is 26.2. The van der Waals surface area contributed by atoms with E-state index in [9.17, 15) is 9.59 Å². The van der Waals surface area contributed by atoms with Crippen molar-refractivity contribution in [3.05, 3.63) is 41.3 Å². The number of ether oxygens (including phenoxy) is 1. The zero-order valence-corrected chi connectivity index (χ0v) is 13.9. The van der Waals surface area contributed by atoms with Crippen LogP contribution in [0.5, 0.6) is 5.75 Å². The molecule has 1 aromatic heterocycles. The van der Waals surface area contributed by atoms with E-state index in [4.69, 9.17) is 9.84 Å². The Hall–Kier alpha value is -2.34. The van der Waals surface area contributed by atoms with E-state index in [0.29, 0.717) is 23.8 Å². The van der Waals surface area contributed by atoms with Crippen molar-refractivity contribution in [3.63, 3.8) is 0 Å². The molecule has 0 saturated carbocycles. The third kappa shape index (κ3) is 4.10. The van der Waals surface area contributed by atoms with Crippen molar-refractivity contribution < 1.29 is 19.4 Å². The fraction of sp³-hybridized carbons (Fsp3) is 0.294. The van der Waals surface area contributed by atoms with Gasteiger partial charge in [0.15, 0.2) is 0 Å². The van der Waals surface area contributed by atoms with E-state index in [2.05, 4.69) is 0 Å². The third-order valence-corrected chi connectivity index (χ3v) is 4.40. The zero-order valence-electron chi connectivity index (χ0n) is 13.1. The van der Waals surface area contributed by atoms with Crippen LogP contribution in [-0.4, -0.2) is 41.6 Å². The molecule has 0 bridgehead atoms. The predicted molar refractivity (Wildman–Crippen MR) is 90.1 cm³/mol. The summed E-state index contributed by atoms with van der Waals surface area (Å²) < 4.78 is 5.58. The summed E-state index contributed by atoms with van der Waals surface area (Å²) >= 11 is 1.32. The summed E-state index contributed by atoms with van der Waals surface area (Å²) in [5, 5.41) is 8.94. The molecular weight excluding hydrogens is 314 g/mol. The average molecular weight is 333 g/mol. The van der Waals surface area contributed by atoms with Gasteiger partial charge < -0.3 is 14.7 Å². The number of carboxylic acids is 1. The van der Waals surface area contributed by atoms with Crippen LogP contribution in [0.4, 0.5) is 0 Å². The van der Waals surface area contributed by atoms with Gasteiger partial charge in [0.05, 0.1) is 6.61 Å². The zero-order chi connectivity index (χ0) is 16.8. The minimum Gasteiger partial charge on any atom is -0.492 e. The molecule has 122 valence electrons. The summed E-state index contributed by atoms with van der Waals surface area (Å²) in [6.07, 6.45) is 0. The van der Waals surface area contributed by atoms with Crippen molar-refractivity contribution in [2.45, 2.75) is 13.8 Å². The quantitative estimate of drug-likeness (QED) is 0.844. The number of carbonyl (C=O) groups excluding carboxylic acids is 1. The number of thiophene rings is 1. The lowest BCUT2D eigenvalue weighted by Gasteiger charge is -2.18. The van der Waals surface area contributed by atoms with Gasteiger partial charge in [-0.15, -0.1) is 11.3 Å². The second kappa shape index (κ2) is 7.78. The van der Waals surface area contributed by atoms with Crippen LogP contribution in [0.3, 0.4) is 0 Å². The number of carbonyl (C=O) groups is 2. The molecule has 23 heavy (non-hydrogen) atoms. The number of likely N-dealkylation sites (N-methyl/N-ethyl adjacent to an activating group) is 1. The number of amides is 1. The molecule has 2 aromatic rings. The van der Waals surface area contributed by atoms with Crippen LogP contribution < -0.4 is 4.74 Å². The van der Waals surface area contributed by atoms with Crippen LogP contribution in [-0.2, 0) is 4.79 Å². The lowest BCUT2D eigenvalue weighted by Crippen LogP contribution is -2.35. The monoisotopic (exact) mass is 333 g/mol. The first-order valence-corrected chi connectivity index (χ1v) is 8.21. The van der Waals surface area contributed by atoms with E-state index < -0.39 is 5.97 Å². The number of carboxylic acid groups (broad SMARTS) is 1. The molecular formula is C17H19NO4S. The Morgan fingerprint density at radius 1 is 1.22 bits per heavy atom. The molecule has 6 heteroatoms. The maximum absolute atomic E-state index is 12.6. The molecule has 0 atom stereocenters. The van der Waals surface area contributed by atoms with Crippen molar-refractivity contribution in [2.75, 3.05) is 19.7 Å². The summed E-state index contributed by atoms with van der Waals surface area (Å²) in [5.74, 6) is -0.839. The summed E-state index contributed by atoms with van der Waals surface area (Å²) in [7, 11) is 0. The van der Waals surface area contributed by atoms with Crippen molar-refractivity contribution in [2.24, 2.45) is 0 Å². The van der Waals surface area contributed by atoms with E-state index in [1.54, 1.807) is 6.92 Å². The van der Waals surface area contributed by atoms with Crippen molar-refractivity contribution in [1.29, 1.82) is 0 Å². The number of aliphatic carboxylic acids is 1. The van der Waals surface area contributed by atoms with Crippen molar-refractivity contribution in [3.8, 4) is 16.2 Å². The molecule has 1 amide bonds. The van der Waals surface area contributed by atoms with Crippen molar-refractivity contribution >= 4 is 23.2 Å². The summed E-state index contributed by atoms with van der Waals surface area (Å²) in [6, 6.07) is 11.6. The standard InChI is InChI=1S/C17H19NO4S/c1-3-18(11-15(19)20)17(21)16-13(22-4-2)10-14(23-16)12-8-6-5-7-9-12/h5-10H,3-4,11H2,1-2H3,(H,19,20). The third-order valence-electron chi connectivity index (χ3n) is 3.25.